The molecular weight excluding hydrogens is 458 g/mol. The van der Waals surface area contributed by atoms with E-state index in [4.69, 9.17) is 22.9 Å². The van der Waals surface area contributed by atoms with E-state index in [1.165, 1.54) is 24.3 Å². The summed E-state index contributed by atoms with van der Waals surface area (Å²) >= 11 is 0. The topological polar surface area (TPSA) is 104 Å². The SMILES string of the molecule is Nc1cc(F)c(-c2c(F)cc(N)cc2F)c(F)c1.Nc1ccc(-c2ccc(N)cc2F)c(F)c1. The first-order valence-electron chi connectivity index (χ1n) is 9.57. The second-order valence-electron chi connectivity index (χ2n) is 7.20. The van der Waals surface area contributed by atoms with Gasteiger partial charge in [0.1, 0.15) is 34.9 Å². The molecule has 0 aliphatic heterocycles. The number of hydrogen-bond acceptors (Lipinski definition) is 4. The Morgan fingerprint density at radius 2 is 0.618 bits per heavy atom. The third kappa shape index (κ3) is 5.17. The van der Waals surface area contributed by atoms with E-state index >= 15 is 0 Å². The normalized spacial score (nSPS) is 10.5. The fourth-order valence-electron chi connectivity index (χ4n) is 3.16. The van der Waals surface area contributed by atoms with Gasteiger partial charge in [-0.2, -0.15) is 0 Å². The van der Waals surface area contributed by atoms with Gasteiger partial charge in [-0.25, -0.2) is 26.3 Å². The van der Waals surface area contributed by atoms with Gasteiger partial charge in [0.15, 0.2) is 0 Å². The Labute approximate surface area is 190 Å². The molecule has 0 aliphatic rings. The molecule has 4 nitrogen and oxygen atoms in total. The van der Waals surface area contributed by atoms with Gasteiger partial charge in [-0.1, -0.05) is 0 Å². The molecule has 0 heterocycles. The predicted molar refractivity (Wildman–Crippen MR) is 121 cm³/mol. The second-order valence-corrected chi connectivity index (χ2v) is 7.20. The summed E-state index contributed by atoms with van der Waals surface area (Å²) in [6.45, 7) is 0. The Bertz CT molecular complexity index is 1220. The third-order valence-corrected chi connectivity index (χ3v) is 4.66. The molecule has 0 aliphatic carbocycles. The first-order chi connectivity index (χ1) is 16.0. The lowest BCUT2D eigenvalue weighted by molar-refractivity contribution is 0.565. The van der Waals surface area contributed by atoms with E-state index in [1.54, 1.807) is 0 Å². The zero-order chi connectivity index (χ0) is 25.2. The molecule has 0 aromatic heterocycles. The number of nitrogen functional groups attached to an aromatic ring is 4. The van der Waals surface area contributed by atoms with Gasteiger partial charge in [-0.15, -0.1) is 0 Å². The number of nitrogens with two attached hydrogens (primary N) is 4. The molecule has 8 N–H and O–H groups in total. The van der Waals surface area contributed by atoms with E-state index in [2.05, 4.69) is 0 Å². The van der Waals surface area contributed by atoms with Crippen LogP contribution in [0.1, 0.15) is 0 Å². The van der Waals surface area contributed by atoms with Crippen LogP contribution in [0.3, 0.4) is 0 Å². The summed E-state index contributed by atoms with van der Waals surface area (Å²) in [4.78, 5) is 0. The first-order valence-corrected chi connectivity index (χ1v) is 9.57. The molecular formula is C24H18F6N4. The van der Waals surface area contributed by atoms with Crippen LogP contribution in [0.15, 0.2) is 60.7 Å². The molecule has 4 aromatic carbocycles. The number of halogens is 6. The van der Waals surface area contributed by atoms with E-state index in [1.807, 2.05) is 0 Å². The maximum atomic E-state index is 13.6. The molecule has 0 radical (unpaired) electrons. The molecule has 0 amide bonds. The van der Waals surface area contributed by atoms with Crippen molar-refractivity contribution in [2.45, 2.75) is 0 Å². The van der Waals surface area contributed by atoms with Gasteiger partial charge in [0.2, 0.25) is 0 Å². The van der Waals surface area contributed by atoms with Crippen LogP contribution in [0.4, 0.5) is 49.1 Å². The van der Waals surface area contributed by atoms with Gasteiger partial charge in [0.25, 0.3) is 0 Å². The van der Waals surface area contributed by atoms with Crippen LogP contribution in [0, 0.1) is 34.9 Å². The number of hydrogen-bond donors (Lipinski definition) is 4. The highest BCUT2D eigenvalue weighted by atomic mass is 19.2. The molecule has 10 heteroatoms. The van der Waals surface area contributed by atoms with Crippen molar-refractivity contribution in [3.8, 4) is 22.3 Å². The molecule has 176 valence electrons. The van der Waals surface area contributed by atoms with E-state index in [-0.39, 0.29) is 22.5 Å². The van der Waals surface area contributed by atoms with Crippen molar-refractivity contribution in [2.75, 3.05) is 22.9 Å². The van der Waals surface area contributed by atoms with Crippen molar-refractivity contribution in [1.82, 2.24) is 0 Å². The standard InChI is InChI=1S/C12H8F4N2.C12H10F2N2/c13-7-1-5(17)2-8(14)11(7)12-9(15)3-6(18)4-10(12)16;13-11-5-7(15)1-3-9(11)10-4-2-8(16)6-12(10)14/h1-4H,17-18H2;1-6H,15-16H2. The number of anilines is 4. The third-order valence-electron chi connectivity index (χ3n) is 4.66. The summed E-state index contributed by atoms with van der Waals surface area (Å²) < 4.78 is 81.4. The minimum Gasteiger partial charge on any atom is -0.399 e. The number of rotatable bonds is 2. The van der Waals surface area contributed by atoms with Crippen LogP contribution in [-0.4, -0.2) is 0 Å². The highest BCUT2D eigenvalue weighted by molar-refractivity contribution is 5.70. The molecule has 0 saturated carbocycles. The lowest BCUT2D eigenvalue weighted by Gasteiger charge is -2.09. The summed E-state index contributed by atoms with van der Waals surface area (Å²) in [5, 5.41) is 0. The van der Waals surface area contributed by atoms with Crippen molar-refractivity contribution < 1.29 is 26.3 Å². The summed E-state index contributed by atoms with van der Waals surface area (Å²) in [5.41, 5.74) is 20.3. The number of benzene rings is 4. The maximum Gasteiger partial charge on any atom is 0.136 e. The van der Waals surface area contributed by atoms with Gasteiger partial charge in [-0.3, -0.25) is 0 Å². The lowest BCUT2D eigenvalue weighted by Crippen LogP contribution is -2.00. The smallest absolute Gasteiger partial charge is 0.136 e. The average Bonchev–Trinajstić information content (AvgIpc) is 2.70. The zero-order valence-corrected chi connectivity index (χ0v) is 17.4. The van der Waals surface area contributed by atoms with E-state index in [0.29, 0.717) is 11.4 Å². The molecule has 0 fully saturated rings. The zero-order valence-electron chi connectivity index (χ0n) is 17.4. The van der Waals surface area contributed by atoms with Crippen LogP contribution in [0.5, 0.6) is 0 Å². The van der Waals surface area contributed by atoms with E-state index in [9.17, 15) is 26.3 Å². The van der Waals surface area contributed by atoms with Crippen LogP contribution < -0.4 is 22.9 Å². The summed E-state index contributed by atoms with van der Waals surface area (Å²) in [5.74, 6) is -5.68. The van der Waals surface area contributed by atoms with E-state index < -0.39 is 46.0 Å². The fourth-order valence-corrected chi connectivity index (χ4v) is 3.16. The maximum absolute atomic E-state index is 13.6. The largest absolute Gasteiger partial charge is 0.399 e. The van der Waals surface area contributed by atoms with Gasteiger partial charge < -0.3 is 22.9 Å². The lowest BCUT2D eigenvalue weighted by atomic mass is 10.0. The highest BCUT2D eigenvalue weighted by Gasteiger charge is 2.20. The van der Waals surface area contributed by atoms with Crippen molar-refractivity contribution in [3.05, 3.63) is 95.6 Å². The Kier molecular flexibility index (Phi) is 6.90. The van der Waals surface area contributed by atoms with Gasteiger partial charge in [-0.05, 0) is 60.7 Å². The van der Waals surface area contributed by atoms with E-state index in [0.717, 1.165) is 36.4 Å². The van der Waals surface area contributed by atoms with Crippen molar-refractivity contribution in [3.63, 3.8) is 0 Å². The monoisotopic (exact) mass is 476 g/mol. The summed E-state index contributed by atoms with van der Waals surface area (Å²) in [6.07, 6.45) is 0. The molecule has 4 rings (SSSR count). The van der Waals surface area contributed by atoms with Gasteiger partial charge in [0.05, 0.1) is 11.1 Å². The fraction of sp³-hybridized carbons (Fsp3) is 0. The van der Waals surface area contributed by atoms with Crippen LogP contribution in [0.2, 0.25) is 0 Å². The van der Waals surface area contributed by atoms with Gasteiger partial charge in [0, 0.05) is 33.9 Å². The summed E-state index contributed by atoms with van der Waals surface area (Å²) in [6, 6.07) is 11.4. The average molecular weight is 476 g/mol. The van der Waals surface area contributed by atoms with Crippen molar-refractivity contribution in [1.29, 1.82) is 0 Å². The second kappa shape index (κ2) is 9.65. The molecule has 0 saturated heterocycles. The summed E-state index contributed by atoms with van der Waals surface area (Å²) in [7, 11) is 0. The van der Waals surface area contributed by atoms with Crippen molar-refractivity contribution >= 4 is 22.7 Å². The first kappa shape index (κ1) is 24.3. The predicted octanol–water partition coefficient (Wildman–Crippen LogP) is 5.87. The molecule has 0 atom stereocenters. The molecule has 0 spiro atoms. The van der Waals surface area contributed by atoms with Gasteiger partial charge >= 0.3 is 0 Å². The molecule has 4 aromatic rings. The minimum absolute atomic E-state index is 0.173. The Hall–Kier alpha value is -4.34. The minimum atomic E-state index is -1.14. The molecule has 0 bridgehead atoms. The quantitative estimate of drug-likeness (QED) is 0.215. The molecule has 0 unspecified atom stereocenters. The highest BCUT2D eigenvalue weighted by Crippen LogP contribution is 2.33. The Morgan fingerprint density at radius 3 is 0.882 bits per heavy atom. The Morgan fingerprint density at radius 1 is 0.353 bits per heavy atom. The van der Waals surface area contributed by atoms with Crippen LogP contribution >= 0.6 is 0 Å². The Balaban J connectivity index is 0.000000192. The molecule has 34 heavy (non-hydrogen) atoms. The van der Waals surface area contributed by atoms with Crippen LogP contribution in [-0.2, 0) is 0 Å². The van der Waals surface area contributed by atoms with Crippen molar-refractivity contribution in [2.24, 2.45) is 0 Å². The van der Waals surface area contributed by atoms with Crippen LogP contribution in [0.25, 0.3) is 22.3 Å².